The van der Waals surface area contributed by atoms with Crippen molar-refractivity contribution in [3.63, 3.8) is 0 Å². The zero-order chi connectivity index (χ0) is 9.78. The maximum absolute atomic E-state index is 5.59. The second-order valence-electron chi connectivity index (χ2n) is 3.52. The Morgan fingerprint density at radius 2 is 1.38 bits per heavy atom. The van der Waals surface area contributed by atoms with Crippen LogP contribution in [0.2, 0.25) is 0 Å². The molecule has 0 atom stereocenters. The van der Waals surface area contributed by atoms with Crippen LogP contribution >= 0.6 is 11.6 Å². The summed E-state index contributed by atoms with van der Waals surface area (Å²) in [5.41, 5.74) is 0. The van der Waals surface area contributed by atoms with Gasteiger partial charge in [-0.15, -0.1) is 11.6 Å². The van der Waals surface area contributed by atoms with Crippen molar-refractivity contribution in [3.8, 4) is 0 Å². The molecule has 1 heteroatoms. The lowest BCUT2D eigenvalue weighted by Gasteiger charge is -1.99. The number of hydrogen-bond donors (Lipinski definition) is 0. The van der Waals surface area contributed by atoms with Gasteiger partial charge in [0.2, 0.25) is 0 Å². The predicted molar refractivity (Wildman–Crippen MR) is 62.5 cm³/mol. The van der Waals surface area contributed by atoms with Crippen LogP contribution in [0, 0.1) is 0 Å². The molecular weight excluding hydrogens is 180 g/mol. The lowest BCUT2D eigenvalue weighted by Crippen LogP contribution is -1.80. The molecule has 0 radical (unpaired) electrons. The van der Waals surface area contributed by atoms with Gasteiger partial charge in [0.15, 0.2) is 0 Å². The van der Waals surface area contributed by atoms with Gasteiger partial charge in [-0.3, -0.25) is 0 Å². The fraction of sp³-hybridized carbons (Fsp3) is 0.833. The van der Waals surface area contributed by atoms with E-state index in [4.69, 9.17) is 11.6 Å². The Morgan fingerprint density at radius 3 is 1.92 bits per heavy atom. The van der Waals surface area contributed by atoms with Gasteiger partial charge in [0.25, 0.3) is 0 Å². The van der Waals surface area contributed by atoms with Crippen molar-refractivity contribution in [2.45, 2.75) is 58.3 Å². The van der Waals surface area contributed by atoms with E-state index in [2.05, 4.69) is 19.1 Å². The third-order valence-electron chi connectivity index (χ3n) is 2.24. The van der Waals surface area contributed by atoms with Gasteiger partial charge in [0, 0.05) is 5.88 Å². The lowest BCUT2D eigenvalue weighted by molar-refractivity contribution is 0.593. The number of halogens is 1. The van der Waals surface area contributed by atoms with E-state index in [1.165, 1.54) is 51.4 Å². The Balaban J connectivity index is 2.83. The number of hydrogen-bond acceptors (Lipinski definition) is 0. The zero-order valence-electron chi connectivity index (χ0n) is 8.90. The van der Waals surface area contributed by atoms with Gasteiger partial charge in [-0.05, 0) is 26.2 Å². The molecule has 0 amide bonds. The third-order valence-corrected chi connectivity index (χ3v) is 2.51. The average Bonchev–Trinajstić information content (AvgIpc) is 2.16. The predicted octanol–water partition coefficient (Wildman–Crippen LogP) is 4.92. The highest BCUT2D eigenvalue weighted by atomic mass is 35.5. The van der Waals surface area contributed by atoms with Crippen LogP contribution in [0.4, 0.5) is 0 Å². The Hall–Kier alpha value is 0.0300. The summed E-state index contributed by atoms with van der Waals surface area (Å²) in [7, 11) is 0. The van der Waals surface area contributed by atoms with E-state index in [0.29, 0.717) is 0 Å². The van der Waals surface area contributed by atoms with Crippen LogP contribution in [0.3, 0.4) is 0 Å². The van der Waals surface area contributed by atoms with E-state index in [1.54, 1.807) is 0 Å². The minimum absolute atomic E-state index is 0.835. The summed E-state index contributed by atoms with van der Waals surface area (Å²) in [6.07, 6.45) is 15.1. The summed E-state index contributed by atoms with van der Waals surface area (Å²) in [6.45, 7) is 2.09. The van der Waals surface area contributed by atoms with Crippen LogP contribution in [0.1, 0.15) is 58.3 Å². The lowest BCUT2D eigenvalue weighted by atomic mass is 10.1. The Labute approximate surface area is 88.4 Å². The molecule has 0 spiro atoms. The molecular formula is C12H23Cl. The first-order valence-electron chi connectivity index (χ1n) is 5.59. The highest BCUT2D eigenvalue weighted by Gasteiger charge is 1.90. The molecule has 0 aliphatic carbocycles. The highest BCUT2D eigenvalue weighted by molar-refractivity contribution is 6.17. The first-order chi connectivity index (χ1) is 6.41. The van der Waals surface area contributed by atoms with Crippen LogP contribution in [-0.4, -0.2) is 5.88 Å². The van der Waals surface area contributed by atoms with E-state index in [9.17, 15) is 0 Å². The Bertz CT molecular complexity index is 108. The standard InChI is InChI=1S/C12H23Cl/c1-2-3-4-5-6-7-8-9-10-11-12-13/h2-3H,4-12H2,1H3. The first-order valence-corrected chi connectivity index (χ1v) is 6.12. The third kappa shape index (κ3) is 12.0. The van der Waals surface area contributed by atoms with E-state index < -0.39 is 0 Å². The smallest absolute Gasteiger partial charge is 0.0223 e. The molecule has 0 aromatic rings. The molecule has 0 rings (SSSR count). The molecule has 0 saturated carbocycles. The maximum atomic E-state index is 5.59. The molecule has 0 aliphatic rings. The van der Waals surface area contributed by atoms with Crippen molar-refractivity contribution >= 4 is 11.6 Å². The average molecular weight is 203 g/mol. The Morgan fingerprint density at radius 1 is 0.846 bits per heavy atom. The molecule has 0 aromatic carbocycles. The largest absolute Gasteiger partial charge is 0.127 e. The van der Waals surface area contributed by atoms with E-state index >= 15 is 0 Å². The highest BCUT2D eigenvalue weighted by Crippen LogP contribution is 2.09. The number of rotatable bonds is 9. The van der Waals surface area contributed by atoms with Gasteiger partial charge in [0.05, 0.1) is 0 Å². The van der Waals surface area contributed by atoms with E-state index in [0.717, 1.165) is 5.88 Å². The molecule has 0 aliphatic heterocycles. The molecule has 78 valence electrons. The summed E-state index contributed by atoms with van der Waals surface area (Å²) in [4.78, 5) is 0. The second-order valence-corrected chi connectivity index (χ2v) is 3.90. The van der Waals surface area contributed by atoms with Crippen LogP contribution in [-0.2, 0) is 0 Å². The van der Waals surface area contributed by atoms with Crippen molar-refractivity contribution in [1.29, 1.82) is 0 Å². The summed E-state index contributed by atoms with van der Waals surface area (Å²) in [5.74, 6) is 0.835. The second kappa shape index (κ2) is 12.0. The fourth-order valence-electron chi connectivity index (χ4n) is 1.41. The van der Waals surface area contributed by atoms with Gasteiger partial charge in [0.1, 0.15) is 0 Å². The van der Waals surface area contributed by atoms with E-state index in [1.807, 2.05) is 0 Å². The van der Waals surface area contributed by atoms with Gasteiger partial charge < -0.3 is 0 Å². The molecule has 0 heterocycles. The SMILES string of the molecule is CC=CCCCCCCCCCCl. The number of allylic oxidation sites excluding steroid dienone is 2. The normalized spacial score (nSPS) is 11.2. The van der Waals surface area contributed by atoms with Crippen LogP contribution in [0.15, 0.2) is 12.2 Å². The molecule has 0 unspecified atom stereocenters. The van der Waals surface area contributed by atoms with Gasteiger partial charge >= 0.3 is 0 Å². The zero-order valence-corrected chi connectivity index (χ0v) is 9.65. The molecule has 0 saturated heterocycles. The Kier molecular flexibility index (Phi) is 12.1. The summed E-state index contributed by atoms with van der Waals surface area (Å²) >= 11 is 5.59. The first kappa shape index (κ1) is 13.0. The molecule has 0 bridgehead atoms. The van der Waals surface area contributed by atoms with Crippen molar-refractivity contribution in [2.75, 3.05) is 5.88 Å². The van der Waals surface area contributed by atoms with Crippen molar-refractivity contribution < 1.29 is 0 Å². The fourth-order valence-corrected chi connectivity index (χ4v) is 1.60. The van der Waals surface area contributed by atoms with Gasteiger partial charge in [-0.25, -0.2) is 0 Å². The van der Waals surface area contributed by atoms with Crippen LogP contribution in [0.5, 0.6) is 0 Å². The van der Waals surface area contributed by atoms with Gasteiger partial charge in [-0.1, -0.05) is 44.3 Å². The summed E-state index contributed by atoms with van der Waals surface area (Å²) < 4.78 is 0. The molecule has 0 fully saturated rings. The minimum Gasteiger partial charge on any atom is -0.127 e. The monoisotopic (exact) mass is 202 g/mol. The summed E-state index contributed by atoms with van der Waals surface area (Å²) in [6, 6.07) is 0. The molecule has 0 aromatic heterocycles. The minimum atomic E-state index is 0.835. The van der Waals surface area contributed by atoms with Crippen molar-refractivity contribution in [2.24, 2.45) is 0 Å². The molecule has 13 heavy (non-hydrogen) atoms. The number of unbranched alkanes of at least 4 members (excludes halogenated alkanes) is 7. The molecule has 0 N–H and O–H groups in total. The van der Waals surface area contributed by atoms with E-state index in [-0.39, 0.29) is 0 Å². The summed E-state index contributed by atoms with van der Waals surface area (Å²) in [5, 5.41) is 0. The molecule has 0 nitrogen and oxygen atoms in total. The van der Waals surface area contributed by atoms with Crippen molar-refractivity contribution in [1.82, 2.24) is 0 Å². The number of alkyl halides is 1. The quantitative estimate of drug-likeness (QED) is 0.283. The van der Waals surface area contributed by atoms with Crippen molar-refractivity contribution in [3.05, 3.63) is 12.2 Å². The van der Waals surface area contributed by atoms with Crippen LogP contribution in [0.25, 0.3) is 0 Å². The maximum Gasteiger partial charge on any atom is 0.0223 e. The van der Waals surface area contributed by atoms with Crippen LogP contribution < -0.4 is 0 Å². The van der Waals surface area contributed by atoms with Gasteiger partial charge in [-0.2, -0.15) is 0 Å². The topological polar surface area (TPSA) is 0 Å².